The lowest BCUT2D eigenvalue weighted by Gasteiger charge is -2.18. The van der Waals surface area contributed by atoms with Crippen LogP contribution in [0.15, 0.2) is 103 Å². The van der Waals surface area contributed by atoms with Crippen molar-refractivity contribution in [1.29, 1.82) is 0 Å². The predicted octanol–water partition coefficient (Wildman–Crippen LogP) is 3.99. The van der Waals surface area contributed by atoms with Gasteiger partial charge in [-0.3, -0.25) is 4.79 Å². The van der Waals surface area contributed by atoms with Crippen LogP contribution < -0.4 is 5.32 Å². The van der Waals surface area contributed by atoms with Gasteiger partial charge in [0, 0.05) is 12.1 Å². The minimum atomic E-state index is -0.655. The molecule has 1 aliphatic rings. The second kappa shape index (κ2) is 8.81. The van der Waals surface area contributed by atoms with Crippen molar-refractivity contribution in [2.45, 2.75) is 12.1 Å². The van der Waals surface area contributed by atoms with Crippen LogP contribution in [0.3, 0.4) is 0 Å². The quantitative estimate of drug-likeness (QED) is 0.761. The Morgan fingerprint density at radius 1 is 1.07 bits per heavy atom. The third kappa shape index (κ3) is 4.42. The highest BCUT2D eigenvalue weighted by molar-refractivity contribution is 5.99. The number of hydrogen-bond acceptors (Lipinski definition) is 3. The van der Waals surface area contributed by atoms with E-state index < -0.39 is 12.1 Å². The van der Waals surface area contributed by atoms with E-state index in [-0.39, 0.29) is 5.91 Å². The van der Waals surface area contributed by atoms with E-state index in [2.05, 4.69) is 23.5 Å². The molecule has 0 saturated carbocycles. The number of amides is 1. The molecular formula is C23H22N2O2. The van der Waals surface area contributed by atoms with Crippen LogP contribution in [0.2, 0.25) is 0 Å². The maximum atomic E-state index is 12.8. The maximum absolute atomic E-state index is 12.8. The van der Waals surface area contributed by atoms with Crippen LogP contribution in [0.25, 0.3) is 0 Å². The van der Waals surface area contributed by atoms with Gasteiger partial charge in [0.25, 0.3) is 0 Å². The zero-order valence-corrected chi connectivity index (χ0v) is 15.0. The fourth-order valence-corrected chi connectivity index (χ4v) is 2.87. The molecule has 2 atom stereocenters. The summed E-state index contributed by atoms with van der Waals surface area (Å²) in [6.07, 6.45) is 4.71. The topological polar surface area (TPSA) is 50.7 Å². The number of benzene rings is 2. The van der Waals surface area contributed by atoms with Crippen molar-refractivity contribution in [3.63, 3.8) is 0 Å². The molecular weight excluding hydrogens is 336 g/mol. The molecule has 0 radical (unpaired) electrons. The number of nitrogens with one attached hydrogen (secondary N) is 1. The molecule has 136 valence electrons. The Balaban J connectivity index is 1.84. The van der Waals surface area contributed by atoms with E-state index in [1.807, 2.05) is 66.7 Å². The monoisotopic (exact) mass is 358 g/mol. The second-order valence-corrected chi connectivity index (χ2v) is 6.09. The Morgan fingerprint density at radius 2 is 1.74 bits per heavy atom. The van der Waals surface area contributed by atoms with E-state index >= 15 is 0 Å². The molecule has 2 unspecified atom stereocenters. The Kier molecular flexibility index (Phi) is 6.00. The average Bonchev–Trinajstić information content (AvgIpc) is 3.18. The molecule has 0 aromatic heterocycles. The first-order chi connectivity index (χ1) is 13.2. The average molecular weight is 358 g/mol. The van der Waals surface area contributed by atoms with Crippen LogP contribution in [0, 0.1) is 0 Å². The largest absolute Gasteiger partial charge is 0.466 e. The second-order valence-electron chi connectivity index (χ2n) is 6.09. The molecule has 2 aromatic rings. The molecule has 27 heavy (non-hydrogen) atoms. The smallest absolute Gasteiger partial charge is 0.249 e. The molecule has 0 spiro atoms. The molecule has 0 saturated heterocycles. The van der Waals surface area contributed by atoms with Gasteiger partial charge >= 0.3 is 0 Å². The van der Waals surface area contributed by atoms with Gasteiger partial charge in [-0.1, -0.05) is 79.9 Å². The maximum Gasteiger partial charge on any atom is 0.249 e. The lowest BCUT2D eigenvalue weighted by atomic mass is 10.0. The summed E-state index contributed by atoms with van der Waals surface area (Å²) >= 11 is 0. The SMILES string of the molecule is C=C/C=C(\C=C)CNC(=O)C1N=C(c2ccccc2)OC1c1ccccc1. The van der Waals surface area contributed by atoms with Gasteiger partial charge in [0.2, 0.25) is 11.8 Å². The summed E-state index contributed by atoms with van der Waals surface area (Å²) in [6, 6.07) is 18.6. The summed E-state index contributed by atoms with van der Waals surface area (Å²) in [5, 5.41) is 2.92. The third-order valence-electron chi connectivity index (χ3n) is 4.26. The van der Waals surface area contributed by atoms with Gasteiger partial charge in [0.15, 0.2) is 12.1 Å². The Hall–Kier alpha value is -3.40. The van der Waals surface area contributed by atoms with Crippen molar-refractivity contribution < 1.29 is 9.53 Å². The number of nitrogens with zero attached hydrogens (tertiary/aromatic N) is 1. The molecule has 1 heterocycles. The minimum absolute atomic E-state index is 0.188. The summed E-state index contributed by atoms with van der Waals surface area (Å²) in [7, 11) is 0. The number of hydrogen-bond donors (Lipinski definition) is 1. The van der Waals surface area contributed by atoms with Gasteiger partial charge < -0.3 is 10.1 Å². The lowest BCUT2D eigenvalue weighted by molar-refractivity contribution is -0.123. The number of ether oxygens (including phenoxy) is 1. The molecule has 1 aliphatic heterocycles. The highest BCUT2D eigenvalue weighted by Gasteiger charge is 2.37. The zero-order chi connectivity index (χ0) is 19.1. The molecule has 4 heteroatoms. The van der Waals surface area contributed by atoms with Crippen molar-refractivity contribution >= 4 is 11.8 Å². The summed E-state index contributed by atoms with van der Waals surface area (Å²) in [5.74, 6) is 0.293. The van der Waals surface area contributed by atoms with Crippen molar-refractivity contribution in [1.82, 2.24) is 5.32 Å². The fourth-order valence-electron chi connectivity index (χ4n) is 2.87. The van der Waals surface area contributed by atoms with Crippen LogP contribution >= 0.6 is 0 Å². The first-order valence-electron chi connectivity index (χ1n) is 8.79. The number of allylic oxidation sites excluding steroid dienone is 2. The van der Waals surface area contributed by atoms with E-state index in [1.165, 1.54) is 0 Å². The minimum Gasteiger partial charge on any atom is -0.466 e. The van der Waals surface area contributed by atoms with Gasteiger partial charge in [-0.15, -0.1) is 0 Å². The fraction of sp³-hybridized carbons (Fsp3) is 0.130. The third-order valence-corrected chi connectivity index (χ3v) is 4.26. The van der Waals surface area contributed by atoms with Crippen LogP contribution in [0.1, 0.15) is 17.2 Å². The van der Waals surface area contributed by atoms with Gasteiger partial charge in [-0.25, -0.2) is 4.99 Å². The standard InChI is InChI=1S/C23H22N2O2/c1-3-11-17(4-2)16-24-22(26)20-21(18-12-7-5-8-13-18)27-23(25-20)19-14-9-6-10-15-19/h3-15,20-21H,1-2,16H2,(H,24,26)/b17-11+. The highest BCUT2D eigenvalue weighted by atomic mass is 16.5. The van der Waals surface area contributed by atoms with E-state index in [0.717, 1.165) is 16.7 Å². The molecule has 0 fully saturated rings. The van der Waals surface area contributed by atoms with Gasteiger partial charge in [-0.2, -0.15) is 0 Å². The number of carbonyl (C=O) groups excluding carboxylic acids is 1. The van der Waals surface area contributed by atoms with Crippen molar-refractivity contribution in [2.24, 2.45) is 4.99 Å². The van der Waals surface area contributed by atoms with Crippen LogP contribution in [-0.2, 0) is 9.53 Å². The van der Waals surface area contributed by atoms with E-state index in [9.17, 15) is 4.79 Å². The van der Waals surface area contributed by atoms with Crippen molar-refractivity contribution in [3.8, 4) is 0 Å². The summed E-state index contributed by atoms with van der Waals surface area (Å²) in [6.45, 7) is 7.78. The molecule has 3 rings (SSSR count). The number of carbonyl (C=O) groups is 1. The molecule has 2 aromatic carbocycles. The molecule has 0 bridgehead atoms. The molecule has 4 nitrogen and oxygen atoms in total. The molecule has 1 amide bonds. The van der Waals surface area contributed by atoms with Gasteiger partial charge in [0.05, 0.1) is 0 Å². The van der Waals surface area contributed by atoms with Crippen molar-refractivity contribution in [2.75, 3.05) is 6.54 Å². The lowest BCUT2D eigenvalue weighted by Crippen LogP contribution is -2.36. The predicted molar refractivity (Wildman–Crippen MR) is 109 cm³/mol. The van der Waals surface area contributed by atoms with E-state index in [1.54, 1.807) is 12.2 Å². The van der Waals surface area contributed by atoms with Gasteiger partial charge in [0.1, 0.15) is 0 Å². The first-order valence-corrected chi connectivity index (χ1v) is 8.79. The van der Waals surface area contributed by atoms with Crippen molar-refractivity contribution in [3.05, 3.63) is 109 Å². The van der Waals surface area contributed by atoms with Gasteiger partial charge in [-0.05, 0) is 23.3 Å². The van der Waals surface area contributed by atoms with E-state index in [0.29, 0.717) is 12.4 Å². The normalized spacial score (nSPS) is 19.0. The highest BCUT2D eigenvalue weighted by Crippen LogP contribution is 2.31. The number of aliphatic imine (C=N–C) groups is 1. The van der Waals surface area contributed by atoms with Crippen LogP contribution in [0.5, 0.6) is 0 Å². The van der Waals surface area contributed by atoms with E-state index in [4.69, 9.17) is 4.74 Å². The Bertz CT molecular complexity index is 870. The molecule has 0 aliphatic carbocycles. The summed E-state index contributed by atoms with van der Waals surface area (Å²) < 4.78 is 6.09. The zero-order valence-electron chi connectivity index (χ0n) is 15.0. The summed E-state index contributed by atoms with van der Waals surface area (Å²) in [4.78, 5) is 17.4. The first kappa shape index (κ1) is 18.4. The Labute approximate surface area is 159 Å². The van der Waals surface area contributed by atoms with Crippen LogP contribution in [0.4, 0.5) is 0 Å². The number of rotatable bonds is 7. The Morgan fingerprint density at radius 3 is 2.37 bits per heavy atom. The van der Waals surface area contributed by atoms with Crippen LogP contribution in [-0.4, -0.2) is 24.4 Å². The summed E-state index contributed by atoms with van der Waals surface area (Å²) in [5.41, 5.74) is 2.64. The molecule has 1 N–H and O–H groups in total.